The van der Waals surface area contributed by atoms with Crippen molar-refractivity contribution in [1.82, 2.24) is 0 Å². The normalized spacial score (nSPS) is 26.5. The lowest BCUT2D eigenvalue weighted by molar-refractivity contribution is 0.223. The second kappa shape index (κ2) is 3.46. The Hall–Kier alpha value is 0.470. The molecule has 64 valence electrons. The summed E-state index contributed by atoms with van der Waals surface area (Å²) >= 11 is 2.46. The van der Waals surface area contributed by atoms with Crippen LogP contribution in [-0.4, -0.2) is 0 Å². The molecule has 0 saturated carbocycles. The van der Waals surface area contributed by atoms with E-state index in [0.29, 0.717) is 5.41 Å². The van der Waals surface area contributed by atoms with Crippen LogP contribution in [0.4, 0.5) is 0 Å². The van der Waals surface area contributed by atoms with Crippen molar-refractivity contribution < 1.29 is 0 Å². The van der Waals surface area contributed by atoms with E-state index in [1.165, 1.54) is 19.3 Å². The monoisotopic (exact) mass is 264 g/mol. The maximum atomic E-state index is 2.46. The van der Waals surface area contributed by atoms with Crippen molar-refractivity contribution in [2.75, 3.05) is 0 Å². The summed E-state index contributed by atoms with van der Waals surface area (Å²) in [5, 5.41) is 0. The summed E-state index contributed by atoms with van der Waals surface area (Å²) in [6, 6.07) is 0. The zero-order valence-electron chi connectivity index (χ0n) is 7.65. The summed E-state index contributed by atoms with van der Waals surface area (Å²) in [6.07, 6.45) is 6.39. The average molecular weight is 264 g/mol. The maximum absolute atomic E-state index is 2.46. The van der Waals surface area contributed by atoms with E-state index in [9.17, 15) is 0 Å². The van der Waals surface area contributed by atoms with Gasteiger partial charge in [0.2, 0.25) is 0 Å². The second-order valence-electron chi connectivity index (χ2n) is 4.49. The van der Waals surface area contributed by atoms with Crippen molar-refractivity contribution in [3.8, 4) is 0 Å². The standard InChI is InChI=1S/C10H17I/c1-10(2,3)8-4-6-9(11)7-5-8/h6,8H,4-5,7H2,1-3H3. The Kier molecular flexibility index (Phi) is 3.01. The van der Waals surface area contributed by atoms with Gasteiger partial charge < -0.3 is 0 Å². The minimum atomic E-state index is 0.508. The molecule has 0 spiro atoms. The molecule has 0 aliphatic heterocycles. The predicted molar refractivity (Wildman–Crippen MR) is 58.9 cm³/mol. The van der Waals surface area contributed by atoms with Crippen LogP contribution in [0, 0.1) is 11.3 Å². The van der Waals surface area contributed by atoms with Crippen molar-refractivity contribution in [1.29, 1.82) is 0 Å². The van der Waals surface area contributed by atoms with Crippen molar-refractivity contribution >= 4 is 22.6 Å². The molecule has 1 aliphatic rings. The van der Waals surface area contributed by atoms with Gasteiger partial charge in [0.25, 0.3) is 0 Å². The first-order valence-corrected chi connectivity index (χ1v) is 5.42. The van der Waals surface area contributed by atoms with E-state index in [4.69, 9.17) is 0 Å². The van der Waals surface area contributed by atoms with Crippen molar-refractivity contribution in [3.05, 3.63) is 9.66 Å². The number of allylic oxidation sites excluding steroid dienone is 2. The van der Waals surface area contributed by atoms with Crippen LogP contribution in [-0.2, 0) is 0 Å². The van der Waals surface area contributed by atoms with Gasteiger partial charge in [0.15, 0.2) is 0 Å². The predicted octanol–water partition coefficient (Wildman–Crippen LogP) is 4.15. The number of hydrogen-bond donors (Lipinski definition) is 0. The first kappa shape index (κ1) is 9.56. The third kappa shape index (κ3) is 2.77. The largest absolute Gasteiger partial charge is 0.0749 e. The molecule has 1 unspecified atom stereocenters. The van der Waals surface area contributed by atoms with Crippen LogP contribution >= 0.6 is 22.6 Å². The zero-order valence-corrected chi connectivity index (χ0v) is 9.81. The van der Waals surface area contributed by atoms with Gasteiger partial charge in [-0.05, 0) is 56.8 Å². The van der Waals surface area contributed by atoms with E-state index in [0.717, 1.165) is 5.92 Å². The molecule has 0 nitrogen and oxygen atoms in total. The molecule has 0 amide bonds. The summed E-state index contributed by atoms with van der Waals surface area (Å²) in [5.74, 6) is 0.904. The molecule has 11 heavy (non-hydrogen) atoms. The molecule has 0 radical (unpaired) electrons. The van der Waals surface area contributed by atoms with Crippen LogP contribution in [0.1, 0.15) is 40.0 Å². The number of halogens is 1. The summed E-state index contributed by atoms with van der Waals surface area (Å²) in [4.78, 5) is 0. The zero-order chi connectivity index (χ0) is 8.48. The molecular formula is C10H17I. The Morgan fingerprint density at radius 2 is 2.09 bits per heavy atom. The highest BCUT2D eigenvalue weighted by Gasteiger charge is 2.25. The van der Waals surface area contributed by atoms with E-state index in [1.54, 1.807) is 3.58 Å². The average Bonchev–Trinajstić information content (AvgIpc) is 1.86. The van der Waals surface area contributed by atoms with Gasteiger partial charge in [-0.3, -0.25) is 0 Å². The Bertz CT molecular complexity index is 162. The lowest BCUT2D eigenvalue weighted by atomic mass is 9.74. The molecule has 1 atom stereocenters. The summed E-state index contributed by atoms with van der Waals surface area (Å²) < 4.78 is 1.56. The Morgan fingerprint density at radius 1 is 1.45 bits per heavy atom. The van der Waals surface area contributed by atoms with Crippen LogP contribution in [0.3, 0.4) is 0 Å². The van der Waals surface area contributed by atoms with Gasteiger partial charge in [0.05, 0.1) is 0 Å². The van der Waals surface area contributed by atoms with Crippen LogP contribution in [0.15, 0.2) is 9.66 Å². The first-order valence-electron chi connectivity index (χ1n) is 4.34. The van der Waals surface area contributed by atoms with Crippen LogP contribution in [0.2, 0.25) is 0 Å². The minimum Gasteiger partial charge on any atom is -0.0749 e. The van der Waals surface area contributed by atoms with Crippen molar-refractivity contribution in [2.24, 2.45) is 11.3 Å². The third-order valence-corrected chi connectivity index (χ3v) is 3.56. The molecule has 1 rings (SSSR count). The van der Waals surface area contributed by atoms with Crippen LogP contribution in [0.5, 0.6) is 0 Å². The molecule has 0 fully saturated rings. The highest BCUT2D eigenvalue weighted by molar-refractivity contribution is 14.1. The molecule has 0 saturated heterocycles. The minimum absolute atomic E-state index is 0.508. The summed E-state index contributed by atoms with van der Waals surface area (Å²) in [6.45, 7) is 7.05. The molecule has 0 aromatic heterocycles. The fraction of sp³-hybridized carbons (Fsp3) is 0.800. The van der Waals surface area contributed by atoms with E-state index in [-0.39, 0.29) is 0 Å². The lowest BCUT2D eigenvalue weighted by Gasteiger charge is -2.32. The SMILES string of the molecule is CC(C)(C)C1CC=C(I)CC1. The number of rotatable bonds is 0. The van der Waals surface area contributed by atoms with Gasteiger partial charge in [-0.1, -0.05) is 26.8 Å². The van der Waals surface area contributed by atoms with E-state index in [1.807, 2.05) is 0 Å². The van der Waals surface area contributed by atoms with Gasteiger partial charge in [0.1, 0.15) is 0 Å². The van der Waals surface area contributed by atoms with E-state index >= 15 is 0 Å². The fourth-order valence-electron chi connectivity index (χ4n) is 1.59. The second-order valence-corrected chi connectivity index (χ2v) is 5.87. The molecule has 1 heteroatoms. The molecular weight excluding hydrogens is 247 g/mol. The van der Waals surface area contributed by atoms with Crippen LogP contribution in [0.25, 0.3) is 0 Å². The van der Waals surface area contributed by atoms with Gasteiger partial charge in [-0.25, -0.2) is 0 Å². The molecule has 1 aliphatic carbocycles. The smallest absolute Gasteiger partial charge is 0.0134 e. The summed E-state index contributed by atoms with van der Waals surface area (Å²) in [7, 11) is 0. The van der Waals surface area contributed by atoms with Crippen molar-refractivity contribution in [2.45, 2.75) is 40.0 Å². The fourth-order valence-corrected chi connectivity index (χ4v) is 2.15. The van der Waals surface area contributed by atoms with Gasteiger partial charge in [-0.2, -0.15) is 0 Å². The third-order valence-electron chi connectivity index (χ3n) is 2.58. The molecule has 0 bridgehead atoms. The van der Waals surface area contributed by atoms with Crippen LogP contribution < -0.4 is 0 Å². The molecule has 0 heterocycles. The van der Waals surface area contributed by atoms with Gasteiger partial charge in [0, 0.05) is 0 Å². The van der Waals surface area contributed by atoms with Gasteiger partial charge in [-0.15, -0.1) is 0 Å². The maximum Gasteiger partial charge on any atom is -0.0134 e. The van der Waals surface area contributed by atoms with Gasteiger partial charge >= 0.3 is 0 Å². The van der Waals surface area contributed by atoms with E-state index in [2.05, 4.69) is 49.4 Å². The highest BCUT2D eigenvalue weighted by atomic mass is 127. The first-order chi connectivity index (χ1) is 5.00. The quantitative estimate of drug-likeness (QED) is 0.576. The Balaban J connectivity index is 2.54. The number of hydrogen-bond acceptors (Lipinski definition) is 0. The topological polar surface area (TPSA) is 0 Å². The molecule has 0 aromatic carbocycles. The van der Waals surface area contributed by atoms with Crippen molar-refractivity contribution in [3.63, 3.8) is 0 Å². The summed E-state index contributed by atoms with van der Waals surface area (Å²) in [5.41, 5.74) is 0.508. The van der Waals surface area contributed by atoms with E-state index < -0.39 is 0 Å². The molecule has 0 aromatic rings. The lowest BCUT2D eigenvalue weighted by Crippen LogP contribution is -2.21. The Morgan fingerprint density at radius 3 is 2.45 bits per heavy atom. The molecule has 0 N–H and O–H groups in total. The highest BCUT2D eigenvalue weighted by Crippen LogP contribution is 2.38. The Labute approximate surface area is 83.6 Å².